The summed E-state index contributed by atoms with van der Waals surface area (Å²) in [7, 11) is 0. The van der Waals surface area contributed by atoms with Crippen molar-refractivity contribution in [2.45, 2.75) is 19.4 Å². The van der Waals surface area contributed by atoms with Crippen molar-refractivity contribution in [1.82, 2.24) is 4.90 Å². The number of piperidine rings is 1. The summed E-state index contributed by atoms with van der Waals surface area (Å²) in [5, 5.41) is 14.8. The maximum absolute atomic E-state index is 11.2. The molecule has 0 spiro atoms. The third kappa shape index (κ3) is 7.63. The van der Waals surface area contributed by atoms with Crippen LogP contribution < -0.4 is 10.5 Å². The van der Waals surface area contributed by atoms with E-state index < -0.39 is 11.9 Å². The third-order valence-corrected chi connectivity index (χ3v) is 4.46. The number of aliphatic carboxylic acids is 2. The van der Waals surface area contributed by atoms with Gasteiger partial charge in [0.1, 0.15) is 11.5 Å². The van der Waals surface area contributed by atoms with E-state index in [0.29, 0.717) is 0 Å². The Morgan fingerprint density at radius 2 is 1.52 bits per heavy atom. The molecule has 0 unspecified atom stereocenters. The molecule has 0 saturated carbocycles. The summed E-state index contributed by atoms with van der Waals surface area (Å²) in [6, 6.07) is 18.0. The van der Waals surface area contributed by atoms with Crippen molar-refractivity contribution in [2.24, 2.45) is 11.7 Å². The van der Waals surface area contributed by atoms with Gasteiger partial charge in [-0.3, -0.25) is 9.69 Å². The predicted molar refractivity (Wildman–Crippen MR) is 105 cm³/mol. The maximum atomic E-state index is 11.2. The number of carboxylic acid groups (broad SMARTS) is 2. The largest absolute Gasteiger partial charge is 0.473 e. The summed E-state index contributed by atoms with van der Waals surface area (Å²) in [6.07, 6.45) is 1.71. The van der Waals surface area contributed by atoms with Crippen LogP contribution in [0.3, 0.4) is 0 Å². The first-order valence-electron chi connectivity index (χ1n) is 9.15. The molecule has 1 fully saturated rings. The molecule has 2 aromatic carbocycles. The topological polar surface area (TPSA) is 130 Å². The standard InChI is InChI=1S/C19H22N2O2.C2H2O4/c20-19(22)16-9-11-21(12-10-16)14-15-5-4-8-18(13-15)23-17-6-2-1-3-7-17;3-1(4)2(5)6/h1-8,13,16H,9-12,14H2,(H2,20,22);(H,3,4)(H,5,6). The molecule has 2 aromatic rings. The molecule has 1 aliphatic heterocycles. The Kier molecular flexibility index (Phi) is 8.17. The van der Waals surface area contributed by atoms with Crippen LogP contribution in [-0.2, 0) is 20.9 Å². The molecule has 0 bridgehead atoms. The summed E-state index contributed by atoms with van der Waals surface area (Å²) in [5.74, 6) is -2.08. The molecule has 0 aromatic heterocycles. The Labute approximate surface area is 168 Å². The molecule has 8 nitrogen and oxygen atoms in total. The van der Waals surface area contributed by atoms with Crippen molar-refractivity contribution in [2.75, 3.05) is 13.1 Å². The molecule has 1 saturated heterocycles. The summed E-state index contributed by atoms with van der Waals surface area (Å²) in [4.78, 5) is 31.8. The summed E-state index contributed by atoms with van der Waals surface area (Å²) in [6.45, 7) is 2.70. The second-order valence-corrected chi connectivity index (χ2v) is 6.63. The number of nitrogens with zero attached hydrogens (tertiary/aromatic N) is 1. The highest BCUT2D eigenvalue weighted by molar-refractivity contribution is 6.27. The molecule has 0 aliphatic carbocycles. The Hall–Kier alpha value is -3.39. The molecule has 1 aliphatic rings. The third-order valence-electron chi connectivity index (χ3n) is 4.46. The highest BCUT2D eigenvalue weighted by atomic mass is 16.5. The van der Waals surface area contributed by atoms with Gasteiger partial charge in [-0.15, -0.1) is 0 Å². The van der Waals surface area contributed by atoms with Gasteiger partial charge in [-0.05, 0) is 55.8 Å². The molecule has 29 heavy (non-hydrogen) atoms. The van der Waals surface area contributed by atoms with Gasteiger partial charge in [-0.2, -0.15) is 0 Å². The van der Waals surface area contributed by atoms with E-state index >= 15 is 0 Å². The lowest BCUT2D eigenvalue weighted by atomic mass is 9.96. The minimum absolute atomic E-state index is 0.0407. The number of ether oxygens (including phenoxy) is 1. The van der Waals surface area contributed by atoms with Crippen LogP contribution >= 0.6 is 0 Å². The van der Waals surface area contributed by atoms with E-state index in [2.05, 4.69) is 17.0 Å². The maximum Gasteiger partial charge on any atom is 0.414 e. The SMILES string of the molecule is NC(=O)C1CCN(Cc2cccc(Oc3ccccc3)c2)CC1.O=C(O)C(=O)O. The Morgan fingerprint density at radius 3 is 2.07 bits per heavy atom. The normalized spacial score (nSPS) is 14.3. The first-order chi connectivity index (χ1) is 13.8. The molecule has 0 radical (unpaired) electrons. The minimum Gasteiger partial charge on any atom is -0.473 e. The second kappa shape index (κ2) is 10.8. The number of carbonyl (C=O) groups excluding carboxylic acids is 1. The number of carbonyl (C=O) groups is 3. The Morgan fingerprint density at radius 1 is 0.931 bits per heavy atom. The molecule has 3 rings (SSSR count). The molecule has 8 heteroatoms. The van der Waals surface area contributed by atoms with Gasteiger partial charge >= 0.3 is 11.9 Å². The van der Waals surface area contributed by atoms with E-state index in [1.807, 2.05) is 42.5 Å². The second-order valence-electron chi connectivity index (χ2n) is 6.63. The molecule has 4 N–H and O–H groups in total. The van der Waals surface area contributed by atoms with Gasteiger partial charge in [0.05, 0.1) is 0 Å². The number of primary amides is 1. The number of likely N-dealkylation sites (tertiary alicyclic amines) is 1. The zero-order valence-corrected chi connectivity index (χ0v) is 15.9. The average Bonchev–Trinajstić information content (AvgIpc) is 2.70. The van der Waals surface area contributed by atoms with Gasteiger partial charge in [-0.1, -0.05) is 30.3 Å². The highest BCUT2D eigenvalue weighted by Gasteiger charge is 2.22. The highest BCUT2D eigenvalue weighted by Crippen LogP contribution is 2.24. The van der Waals surface area contributed by atoms with Gasteiger partial charge in [0.15, 0.2) is 0 Å². The summed E-state index contributed by atoms with van der Waals surface area (Å²) in [5.41, 5.74) is 6.60. The lowest BCUT2D eigenvalue weighted by Gasteiger charge is -2.30. The van der Waals surface area contributed by atoms with Crippen molar-refractivity contribution in [3.63, 3.8) is 0 Å². The first kappa shape index (κ1) is 21.9. The van der Waals surface area contributed by atoms with Gasteiger partial charge < -0.3 is 20.7 Å². The number of benzene rings is 2. The minimum atomic E-state index is -1.82. The number of hydrogen-bond donors (Lipinski definition) is 3. The van der Waals surface area contributed by atoms with Crippen molar-refractivity contribution in [1.29, 1.82) is 0 Å². The van der Waals surface area contributed by atoms with Gasteiger partial charge in [0.25, 0.3) is 0 Å². The average molecular weight is 400 g/mol. The first-order valence-corrected chi connectivity index (χ1v) is 9.15. The number of carboxylic acids is 2. The van der Waals surface area contributed by atoms with Crippen molar-refractivity contribution in [3.05, 3.63) is 60.2 Å². The number of amides is 1. The van der Waals surface area contributed by atoms with E-state index in [9.17, 15) is 4.79 Å². The molecule has 0 atom stereocenters. The summed E-state index contributed by atoms with van der Waals surface area (Å²) >= 11 is 0. The van der Waals surface area contributed by atoms with Crippen LogP contribution in [0.4, 0.5) is 0 Å². The Balaban J connectivity index is 0.000000438. The zero-order valence-electron chi connectivity index (χ0n) is 15.9. The number of para-hydroxylation sites is 1. The number of rotatable bonds is 5. The van der Waals surface area contributed by atoms with E-state index in [-0.39, 0.29) is 11.8 Å². The van der Waals surface area contributed by atoms with Crippen molar-refractivity contribution >= 4 is 17.8 Å². The Bertz CT molecular complexity index is 820. The molecule has 154 valence electrons. The van der Waals surface area contributed by atoms with Gasteiger partial charge in [-0.25, -0.2) is 9.59 Å². The van der Waals surface area contributed by atoms with E-state index in [1.165, 1.54) is 5.56 Å². The lowest BCUT2D eigenvalue weighted by Crippen LogP contribution is -2.38. The quantitative estimate of drug-likeness (QED) is 0.657. The van der Waals surface area contributed by atoms with Crippen molar-refractivity contribution in [3.8, 4) is 11.5 Å². The monoisotopic (exact) mass is 400 g/mol. The van der Waals surface area contributed by atoms with Crippen LogP contribution in [0.15, 0.2) is 54.6 Å². The predicted octanol–water partition coefficient (Wildman–Crippen LogP) is 2.33. The van der Waals surface area contributed by atoms with Crippen LogP contribution in [0.5, 0.6) is 11.5 Å². The van der Waals surface area contributed by atoms with Gasteiger partial charge in [0.2, 0.25) is 5.91 Å². The van der Waals surface area contributed by atoms with Crippen molar-refractivity contribution < 1.29 is 29.3 Å². The van der Waals surface area contributed by atoms with Crippen LogP contribution in [0.1, 0.15) is 18.4 Å². The summed E-state index contributed by atoms with van der Waals surface area (Å²) < 4.78 is 5.88. The van der Waals surface area contributed by atoms with Crippen LogP contribution in [0.2, 0.25) is 0 Å². The molecular formula is C21H24N2O6. The van der Waals surface area contributed by atoms with E-state index in [4.69, 9.17) is 30.3 Å². The van der Waals surface area contributed by atoms with Crippen LogP contribution in [0, 0.1) is 5.92 Å². The van der Waals surface area contributed by atoms with E-state index in [0.717, 1.165) is 44.0 Å². The number of nitrogens with two attached hydrogens (primary N) is 1. The van der Waals surface area contributed by atoms with E-state index in [1.54, 1.807) is 0 Å². The fourth-order valence-electron chi connectivity index (χ4n) is 2.97. The molecule has 1 amide bonds. The lowest BCUT2D eigenvalue weighted by molar-refractivity contribution is -0.159. The molecular weight excluding hydrogens is 376 g/mol. The molecule has 1 heterocycles. The van der Waals surface area contributed by atoms with Crippen LogP contribution in [-0.4, -0.2) is 46.0 Å². The van der Waals surface area contributed by atoms with Crippen LogP contribution in [0.25, 0.3) is 0 Å². The van der Waals surface area contributed by atoms with Gasteiger partial charge in [0, 0.05) is 12.5 Å². The fourth-order valence-corrected chi connectivity index (χ4v) is 2.97. The number of hydrogen-bond acceptors (Lipinski definition) is 5. The fraction of sp³-hybridized carbons (Fsp3) is 0.286. The zero-order chi connectivity index (χ0) is 21.2. The smallest absolute Gasteiger partial charge is 0.414 e.